The van der Waals surface area contributed by atoms with E-state index < -0.39 is 23.7 Å². The molecule has 0 saturated heterocycles. The van der Waals surface area contributed by atoms with Crippen molar-refractivity contribution < 1.29 is 19.4 Å². The number of aromatic nitrogens is 1. The first-order valence-electron chi connectivity index (χ1n) is 14.2. The summed E-state index contributed by atoms with van der Waals surface area (Å²) in [7, 11) is 0. The van der Waals surface area contributed by atoms with Crippen LogP contribution in [0.3, 0.4) is 0 Å². The van der Waals surface area contributed by atoms with E-state index in [1.54, 1.807) is 45.3 Å². The van der Waals surface area contributed by atoms with Gasteiger partial charge in [-0.15, -0.1) is 0 Å². The zero-order chi connectivity index (χ0) is 27.4. The second kappa shape index (κ2) is 19.7. The smallest absolute Gasteiger partial charge is 0.407 e. The Morgan fingerprint density at radius 2 is 1.65 bits per heavy atom. The molecular formula is C30H51N3O4. The highest BCUT2D eigenvalue weighted by molar-refractivity contribution is 5.81. The Hall–Kier alpha value is -2.41. The first-order chi connectivity index (χ1) is 17.7. The molecule has 0 bridgehead atoms. The maximum atomic E-state index is 12.5. The topological polar surface area (TPSA) is 101 Å². The molecule has 0 unspecified atom stereocenters. The predicted molar refractivity (Wildman–Crippen MR) is 150 cm³/mol. The molecule has 0 saturated carbocycles. The van der Waals surface area contributed by atoms with Gasteiger partial charge >= 0.3 is 6.09 Å². The number of pyridine rings is 1. The molecule has 1 heterocycles. The zero-order valence-electron chi connectivity index (χ0n) is 23.6. The van der Waals surface area contributed by atoms with Crippen molar-refractivity contribution in [3.05, 3.63) is 42.2 Å². The van der Waals surface area contributed by atoms with Crippen LogP contribution in [0.25, 0.3) is 0 Å². The van der Waals surface area contributed by atoms with Crippen LogP contribution in [0.4, 0.5) is 4.79 Å². The van der Waals surface area contributed by atoms with Gasteiger partial charge in [-0.05, 0) is 24.5 Å². The number of nitrogens with one attached hydrogen (secondary N) is 2. The molecular weight excluding hydrogens is 466 g/mol. The number of alkyl carbamates (subject to hydrolysis) is 1. The average Bonchev–Trinajstić information content (AvgIpc) is 2.87. The number of nitrogens with zero attached hydrogens (tertiary/aromatic N) is 1. The molecule has 1 aromatic heterocycles. The van der Waals surface area contributed by atoms with Gasteiger partial charge in [0, 0.05) is 24.4 Å². The maximum absolute atomic E-state index is 12.5. The fraction of sp³-hybridized carbons (Fsp3) is 0.700. The Balaban J connectivity index is 2.36. The summed E-state index contributed by atoms with van der Waals surface area (Å²) in [5, 5.41) is 16.2. The van der Waals surface area contributed by atoms with Crippen molar-refractivity contribution in [2.24, 2.45) is 5.41 Å². The molecule has 2 amide bonds. The van der Waals surface area contributed by atoms with Crippen LogP contribution in [0.1, 0.15) is 110 Å². The number of unbranched alkanes of at least 4 members (excludes halogenated alkanes) is 11. The molecule has 7 heteroatoms. The molecule has 210 valence electrons. The van der Waals surface area contributed by atoms with Crippen LogP contribution in [-0.4, -0.2) is 40.8 Å². The Morgan fingerprint density at radius 3 is 2.22 bits per heavy atom. The van der Waals surface area contributed by atoms with E-state index in [1.165, 1.54) is 64.2 Å². The van der Waals surface area contributed by atoms with E-state index in [4.69, 9.17) is 4.74 Å². The van der Waals surface area contributed by atoms with Gasteiger partial charge < -0.3 is 20.5 Å². The number of carbonyl (C=O) groups is 2. The van der Waals surface area contributed by atoms with Gasteiger partial charge in [-0.25, -0.2) is 4.79 Å². The van der Waals surface area contributed by atoms with Crippen molar-refractivity contribution in [1.82, 2.24) is 15.6 Å². The molecule has 0 aromatic carbocycles. The largest absolute Gasteiger partial charge is 0.447 e. The molecule has 0 spiro atoms. The molecule has 0 aliphatic rings. The van der Waals surface area contributed by atoms with E-state index in [0.29, 0.717) is 0 Å². The summed E-state index contributed by atoms with van der Waals surface area (Å²) < 4.78 is 5.30. The minimum atomic E-state index is -0.954. The minimum absolute atomic E-state index is 0.134. The van der Waals surface area contributed by atoms with Crippen molar-refractivity contribution in [1.29, 1.82) is 0 Å². The van der Waals surface area contributed by atoms with Gasteiger partial charge in [0.15, 0.2) is 0 Å². The molecule has 0 fully saturated rings. The molecule has 0 radical (unpaired) electrons. The van der Waals surface area contributed by atoms with Crippen LogP contribution in [0, 0.1) is 5.41 Å². The number of hydrogen-bond acceptors (Lipinski definition) is 5. The maximum Gasteiger partial charge on any atom is 0.407 e. The van der Waals surface area contributed by atoms with Crippen LogP contribution in [0.15, 0.2) is 36.7 Å². The number of aliphatic hydroxyl groups excluding tert-OH is 1. The number of carbonyl (C=O) groups excluding carboxylic acids is 2. The first-order valence-corrected chi connectivity index (χ1v) is 14.2. The van der Waals surface area contributed by atoms with Crippen LogP contribution >= 0.6 is 0 Å². The predicted octanol–water partition coefficient (Wildman–Crippen LogP) is 6.46. The van der Waals surface area contributed by atoms with Gasteiger partial charge in [0.1, 0.15) is 6.61 Å². The molecule has 1 aromatic rings. The molecule has 37 heavy (non-hydrogen) atoms. The Bertz CT molecular complexity index is 762. The van der Waals surface area contributed by atoms with Crippen molar-refractivity contribution in [3.8, 4) is 0 Å². The van der Waals surface area contributed by atoms with Crippen LogP contribution < -0.4 is 10.6 Å². The fourth-order valence-electron chi connectivity index (χ4n) is 3.80. The van der Waals surface area contributed by atoms with E-state index in [9.17, 15) is 14.7 Å². The summed E-state index contributed by atoms with van der Waals surface area (Å²) in [6.07, 6.45) is 20.5. The highest BCUT2D eigenvalue weighted by Gasteiger charge is 2.27. The number of ether oxygens (including phenoxy) is 1. The molecule has 0 aliphatic carbocycles. The third-order valence-electron chi connectivity index (χ3n) is 6.27. The third-order valence-corrected chi connectivity index (χ3v) is 6.27. The summed E-state index contributed by atoms with van der Waals surface area (Å²) in [4.78, 5) is 28.7. The number of allylic oxidation sites excluding steroid dienone is 1. The lowest BCUT2D eigenvalue weighted by molar-refractivity contribution is -0.130. The molecule has 3 N–H and O–H groups in total. The normalized spacial score (nSPS) is 13.3. The van der Waals surface area contributed by atoms with Crippen LogP contribution in [0.2, 0.25) is 0 Å². The van der Waals surface area contributed by atoms with E-state index >= 15 is 0 Å². The third kappa shape index (κ3) is 16.9. The number of aliphatic hydroxyl groups is 1. The number of rotatable bonds is 19. The van der Waals surface area contributed by atoms with Crippen molar-refractivity contribution in [3.63, 3.8) is 0 Å². The Kier molecular flexibility index (Phi) is 17.3. The van der Waals surface area contributed by atoms with Crippen LogP contribution in [0.5, 0.6) is 0 Å². The summed E-state index contributed by atoms with van der Waals surface area (Å²) >= 11 is 0. The van der Waals surface area contributed by atoms with Gasteiger partial charge in [-0.1, -0.05) is 110 Å². The van der Waals surface area contributed by atoms with E-state index in [-0.39, 0.29) is 19.1 Å². The molecule has 1 rings (SSSR count). The average molecular weight is 518 g/mol. The van der Waals surface area contributed by atoms with Crippen molar-refractivity contribution >= 4 is 12.0 Å². The zero-order valence-corrected chi connectivity index (χ0v) is 23.6. The van der Waals surface area contributed by atoms with E-state index in [0.717, 1.165) is 18.4 Å². The summed E-state index contributed by atoms with van der Waals surface area (Å²) in [5.74, 6) is -0.213. The number of amides is 2. The molecule has 7 nitrogen and oxygen atoms in total. The summed E-state index contributed by atoms with van der Waals surface area (Å²) in [6, 6.07) is 2.91. The second-order valence-corrected chi connectivity index (χ2v) is 10.9. The lowest BCUT2D eigenvalue weighted by Gasteiger charge is -2.26. The van der Waals surface area contributed by atoms with Crippen LogP contribution in [-0.2, 0) is 16.1 Å². The number of hydrogen-bond donors (Lipinski definition) is 3. The van der Waals surface area contributed by atoms with E-state index in [2.05, 4.69) is 22.5 Å². The SMILES string of the molecule is CCCCCCCCCCCCC/C=C/[C@@H](O)[C@H](COC(=O)NCc1cccnc1)NC(=O)C(C)(C)C. The highest BCUT2D eigenvalue weighted by atomic mass is 16.5. The Morgan fingerprint density at radius 1 is 1.03 bits per heavy atom. The van der Waals surface area contributed by atoms with Crippen molar-refractivity contribution in [2.45, 2.75) is 123 Å². The lowest BCUT2D eigenvalue weighted by Crippen LogP contribution is -2.50. The minimum Gasteiger partial charge on any atom is -0.447 e. The molecule has 2 atom stereocenters. The second-order valence-electron chi connectivity index (χ2n) is 10.9. The monoisotopic (exact) mass is 517 g/mol. The summed E-state index contributed by atoms with van der Waals surface area (Å²) in [5.41, 5.74) is 0.224. The standard InChI is InChI=1S/C30H51N3O4/c1-5-6-7-8-9-10-11-12-13-14-15-16-17-20-27(34)26(33-28(35)30(2,3)4)24-37-29(36)32-23-25-19-18-21-31-22-25/h17-22,26-27,34H,5-16,23-24H2,1-4H3,(H,32,36)(H,33,35)/b20-17+/t26-,27+/m0/s1. The Labute approximate surface area is 224 Å². The van der Waals surface area contributed by atoms with Gasteiger partial charge in [-0.2, -0.15) is 0 Å². The first kappa shape index (κ1) is 32.6. The lowest BCUT2D eigenvalue weighted by atomic mass is 9.95. The highest BCUT2D eigenvalue weighted by Crippen LogP contribution is 2.15. The van der Waals surface area contributed by atoms with E-state index in [1.807, 2.05) is 12.1 Å². The van der Waals surface area contributed by atoms with Gasteiger partial charge in [0.2, 0.25) is 5.91 Å². The molecule has 0 aliphatic heterocycles. The van der Waals surface area contributed by atoms with Gasteiger partial charge in [0.05, 0.1) is 12.1 Å². The summed E-state index contributed by atoms with van der Waals surface area (Å²) in [6.45, 7) is 7.81. The quantitative estimate of drug-likeness (QED) is 0.144. The fourth-order valence-corrected chi connectivity index (χ4v) is 3.80. The van der Waals surface area contributed by atoms with Gasteiger partial charge in [-0.3, -0.25) is 9.78 Å². The van der Waals surface area contributed by atoms with Crippen molar-refractivity contribution in [2.75, 3.05) is 6.61 Å². The van der Waals surface area contributed by atoms with Gasteiger partial charge in [0.25, 0.3) is 0 Å².